The van der Waals surface area contributed by atoms with Gasteiger partial charge in [0, 0.05) is 15.6 Å². The molecule has 1 aromatic carbocycles. The highest BCUT2D eigenvalue weighted by molar-refractivity contribution is 7.10. The van der Waals surface area contributed by atoms with E-state index in [1.165, 1.54) is 4.88 Å². The lowest BCUT2D eigenvalue weighted by Gasteiger charge is -2.26. The standard InChI is InChI=1S/C16H16ClNOS/c17-12-5-3-6-13(11-12)18-15(19)16(8-1-2-9-16)14-7-4-10-20-14/h3-7,10-11H,1-2,8-9H2,(H,18,19). The number of carbonyl (C=O) groups is 1. The first-order valence-electron chi connectivity index (χ1n) is 6.82. The minimum Gasteiger partial charge on any atom is -0.325 e. The van der Waals surface area contributed by atoms with Crippen LogP contribution in [0, 0.1) is 0 Å². The van der Waals surface area contributed by atoms with Crippen LogP contribution in [-0.4, -0.2) is 5.91 Å². The fourth-order valence-electron chi connectivity index (χ4n) is 2.93. The quantitative estimate of drug-likeness (QED) is 0.862. The second-order valence-electron chi connectivity index (χ2n) is 5.23. The topological polar surface area (TPSA) is 29.1 Å². The second-order valence-corrected chi connectivity index (χ2v) is 6.62. The normalized spacial score (nSPS) is 17.1. The maximum atomic E-state index is 12.8. The highest BCUT2D eigenvalue weighted by Gasteiger charge is 2.43. The number of rotatable bonds is 3. The molecule has 0 spiro atoms. The third-order valence-electron chi connectivity index (χ3n) is 3.97. The maximum Gasteiger partial charge on any atom is 0.235 e. The van der Waals surface area contributed by atoms with Gasteiger partial charge in [-0.15, -0.1) is 11.3 Å². The summed E-state index contributed by atoms with van der Waals surface area (Å²) in [6.45, 7) is 0. The van der Waals surface area contributed by atoms with Crippen molar-refractivity contribution in [1.29, 1.82) is 0 Å². The molecule has 1 amide bonds. The van der Waals surface area contributed by atoms with Gasteiger partial charge < -0.3 is 5.32 Å². The van der Waals surface area contributed by atoms with Gasteiger partial charge in [0.1, 0.15) is 0 Å². The minimum atomic E-state index is -0.351. The number of halogens is 1. The van der Waals surface area contributed by atoms with E-state index in [0.29, 0.717) is 5.02 Å². The van der Waals surface area contributed by atoms with Gasteiger partial charge in [0.2, 0.25) is 5.91 Å². The smallest absolute Gasteiger partial charge is 0.235 e. The molecule has 1 aliphatic rings. The molecule has 20 heavy (non-hydrogen) atoms. The van der Waals surface area contributed by atoms with Crippen LogP contribution in [0.25, 0.3) is 0 Å². The summed E-state index contributed by atoms with van der Waals surface area (Å²) >= 11 is 7.65. The molecule has 0 saturated heterocycles. The van der Waals surface area contributed by atoms with E-state index in [1.807, 2.05) is 29.6 Å². The Hall–Kier alpha value is -1.32. The lowest BCUT2D eigenvalue weighted by atomic mass is 9.83. The van der Waals surface area contributed by atoms with E-state index in [0.717, 1.165) is 31.4 Å². The molecule has 0 aliphatic heterocycles. The van der Waals surface area contributed by atoms with Crippen LogP contribution in [0.3, 0.4) is 0 Å². The molecule has 1 saturated carbocycles. The third kappa shape index (κ3) is 2.48. The average molecular weight is 306 g/mol. The van der Waals surface area contributed by atoms with Gasteiger partial charge in [-0.1, -0.05) is 36.6 Å². The zero-order valence-electron chi connectivity index (χ0n) is 11.1. The van der Waals surface area contributed by atoms with Gasteiger partial charge in [0.25, 0.3) is 0 Å². The van der Waals surface area contributed by atoms with Crippen molar-refractivity contribution < 1.29 is 4.79 Å². The van der Waals surface area contributed by atoms with Crippen LogP contribution >= 0.6 is 22.9 Å². The van der Waals surface area contributed by atoms with Gasteiger partial charge >= 0.3 is 0 Å². The molecule has 1 aliphatic carbocycles. The van der Waals surface area contributed by atoms with Crippen molar-refractivity contribution in [2.75, 3.05) is 5.32 Å². The van der Waals surface area contributed by atoms with Crippen molar-refractivity contribution in [2.45, 2.75) is 31.1 Å². The van der Waals surface area contributed by atoms with Crippen LogP contribution in [0.15, 0.2) is 41.8 Å². The van der Waals surface area contributed by atoms with Crippen LogP contribution in [0.4, 0.5) is 5.69 Å². The Morgan fingerprint density at radius 2 is 2.00 bits per heavy atom. The maximum absolute atomic E-state index is 12.8. The zero-order chi connectivity index (χ0) is 14.0. The van der Waals surface area contributed by atoms with Crippen LogP contribution < -0.4 is 5.32 Å². The Balaban J connectivity index is 1.87. The Kier molecular flexibility index (Phi) is 3.81. The summed E-state index contributed by atoms with van der Waals surface area (Å²) in [5.74, 6) is 0.0970. The summed E-state index contributed by atoms with van der Waals surface area (Å²) in [7, 11) is 0. The minimum absolute atomic E-state index is 0.0970. The van der Waals surface area contributed by atoms with Crippen molar-refractivity contribution in [3.05, 3.63) is 51.7 Å². The van der Waals surface area contributed by atoms with Crippen LogP contribution in [0.1, 0.15) is 30.6 Å². The van der Waals surface area contributed by atoms with Gasteiger partial charge in [0.15, 0.2) is 0 Å². The van der Waals surface area contributed by atoms with Gasteiger partial charge in [-0.3, -0.25) is 4.79 Å². The van der Waals surface area contributed by atoms with Crippen molar-refractivity contribution in [2.24, 2.45) is 0 Å². The third-order valence-corrected chi connectivity index (χ3v) is 5.28. The lowest BCUT2D eigenvalue weighted by Crippen LogP contribution is -2.37. The first-order chi connectivity index (χ1) is 9.71. The molecule has 1 aromatic heterocycles. The van der Waals surface area contributed by atoms with E-state index in [2.05, 4.69) is 11.4 Å². The highest BCUT2D eigenvalue weighted by Crippen LogP contribution is 2.44. The van der Waals surface area contributed by atoms with Gasteiger partial charge in [0.05, 0.1) is 5.41 Å². The SMILES string of the molecule is O=C(Nc1cccc(Cl)c1)C1(c2cccs2)CCCC1. The summed E-state index contributed by atoms with van der Waals surface area (Å²) < 4.78 is 0. The summed E-state index contributed by atoms with van der Waals surface area (Å²) in [6.07, 6.45) is 4.08. The van der Waals surface area contributed by atoms with Crippen molar-refractivity contribution in [1.82, 2.24) is 0 Å². The largest absolute Gasteiger partial charge is 0.325 e. The number of hydrogen-bond donors (Lipinski definition) is 1. The van der Waals surface area contributed by atoms with Crippen LogP contribution in [-0.2, 0) is 10.2 Å². The molecule has 2 aromatic rings. The van der Waals surface area contributed by atoms with E-state index >= 15 is 0 Å². The molecule has 1 heterocycles. The first-order valence-corrected chi connectivity index (χ1v) is 8.07. The molecule has 4 heteroatoms. The molecule has 0 radical (unpaired) electrons. The second kappa shape index (κ2) is 5.58. The van der Waals surface area contributed by atoms with Gasteiger partial charge in [-0.25, -0.2) is 0 Å². The molecular formula is C16H16ClNOS. The van der Waals surface area contributed by atoms with Crippen molar-refractivity contribution in [3.63, 3.8) is 0 Å². The number of carbonyl (C=O) groups excluding carboxylic acids is 1. The highest BCUT2D eigenvalue weighted by atomic mass is 35.5. The number of anilines is 1. The van der Waals surface area contributed by atoms with Crippen molar-refractivity contribution in [3.8, 4) is 0 Å². The molecule has 1 N–H and O–H groups in total. The summed E-state index contributed by atoms with van der Waals surface area (Å²) in [6, 6.07) is 11.4. The molecule has 0 unspecified atom stereocenters. The molecule has 1 fully saturated rings. The molecule has 0 atom stereocenters. The number of amides is 1. The summed E-state index contributed by atoms with van der Waals surface area (Å²) in [5, 5.41) is 5.72. The van der Waals surface area contributed by atoms with E-state index in [1.54, 1.807) is 17.4 Å². The number of hydrogen-bond acceptors (Lipinski definition) is 2. The monoisotopic (exact) mass is 305 g/mol. The van der Waals surface area contributed by atoms with Gasteiger partial charge in [-0.2, -0.15) is 0 Å². The van der Waals surface area contributed by atoms with Crippen LogP contribution in [0.2, 0.25) is 5.02 Å². The van der Waals surface area contributed by atoms with E-state index in [9.17, 15) is 4.79 Å². The molecule has 2 nitrogen and oxygen atoms in total. The first kappa shape index (κ1) is 13.7. The fourth-order valence-corrected chi connectivity index (χ4v) is 4.11. The van der Waals surface area contributed by atoms with E-state index in [-0.39, 0.29) is 11.3 Å². The molecule has 104 valence electrons. The lowest BCUT2D eigenvalue weighted by molar-refractivity contribution is -0.121. The number of thiophene rings is 1. The molecule has 0 bridgehead atoms. The van der Waals surface area contributed by atoms with E-state index < -0.39 is 0 Å². The average Bonchev–Trinajstić information content (AvgIpc) is 3.11. The van der Waals surface area contributed by atoms with E-state index in [4.69, 9.17) is 11.6 Å². The van der Waals surface area contributed by atoms with Crippen molar-refractivity contribution >= 4 is 34.5 Å². The Bertz CT molecular complexity index is 603. The Morgan fingerprint density at radius 1 is 1.20 bits per heavy atom. The Morgan fingerprint density at radius 3 is 2.65 bits per heavy atom. The molecular weight excluding hydrogens is 290 g/mol. The van der Waals surface area contributed by atoms with Crippen LogP contribution in [0.5, 0.6) is 0 Å². The van der Waals surface area contributed by atoms with Gasteiger partial charge in [-0.05, 0) is 42.5 Å². The zero-order valence-corrected chi connectivity index (χ0v) is 12.6. The fraction of sp³-hybridized carbons (Fsp3) is 0.312. The number of nitrogens with one attached hydrogen (secondary N) is 1. The summed E-state index contributed by atoms with van der Waals surface area (Å²) in [4.78, 5) is 14.0. The predicted molar refractivity (Wildman–Crippen MR) is 84.5 cm³/mol. The summed E-state index contributed by atoms with van der Waals surface area (Å²) in [5.41, 5.74) is 0.418. The molecule has 3 rings (SSSR count). The number of benzene rings is 1. The Labute approximate surface area is 127 Å². The predicted octanol–water partition coefficient (Wildman–Crippen LogP) is 4.85.